The number of thioether (sulfide) groups is 1. The molecule has 0 unspecified atom stereocenters. The predicted octanol–water partition coefficient (Wildman–Crippen LogP) is 3.08. The molecule has 0 saturated heterocycles. The SMILES string of the molecule is COc1ccc([C@H]2CC(=O)NC(SCC(=O)NCc3ccccc3)=C2C#N)cc1. The number of carbonyl (C=O) groups is 2. The molecule has 1 aliphatic rings. The highest BCUT2D eigenvalue weighted by Gasteiger charge is 2.29. The molecule has 0 aromatic heterocycles. The lowest BCUT2D eigenvalue weighted by Crippen LogP contribution is -2.32. The zero-order chi connectivity index (χ0) is 20.6. The number of amides is 2. The molecule has 1 aliphatic heterocycles. The molecular formula is C22H21N3O3S. The van der Waals surface area contributed by atoms with Crippen molar-refractivity contribution in [2.75, 3.05) is 12.9 Å². The van der Waals surface area contributed by atoms with E-state index >= 15 is 0 Å². The fraction of sp³-hybridized carbons (Fsp3) is 0.227. The Morgan fingerprint density at radius 3 is 2.62 bits per heavy atom. The first-order chi connectivity index (χ1) is 14.1. The van der Waals surface area contributed by atoms with Gasteiger partial charge in [-0.05, 0) is 23.3 Å². The molecule has 0 aliphatic carbocycles. The number of nitrogens with one attached hydrogen (secondary N) is 2. The number of rotatable bonds is 7. The maximum absolute atomic E-state index is 12.2. The van der Waals surface area contributed by atoms with Gasteiger partial charge in [0.15, 0.2) is 0 Å². The van der Waals surface area contributed by atoms with E-state index in [4.69, 9.17) is 4.74 Å². The van der Waals surface area contributed by atoms with E-state index < -0.39 is 0 Å². The Hall–Kier alpha value is -3.24. The molecule has 0 radical (unpaired) electrons. The first-order valence-electron chi connectivity index (χ1n) is 9.12. The summed E-state index contributed by atoms with van der Waals surface area (Å²) < 4.78 is 5.17. The van der Waals surface area contributed by atoms with E-state index in [1.54, 1.807) is 19.2 Å². The minimum atomic E-state index is -0.338. The molecule has 1 heterocycles. The Morgan fingerprint density at radius 2 is 1.97 bits per heavy atom. The summed E-state index contributed by atoms with van der Waals surface area (Å²) in [6, 6.07) is 19.2. The van der Waals surface area contributed by atoms with Gasteiger partial charge in [-0.3, -0.25) is 9.59 Å². The van der Waals surface area contributed by atoms with Crippen LogP contribution in [0.1, 0.15) is 23.5 Å². The van der Waals surface area contributed by atoms with E-state index in [1.807, 2.05) is 42.5 Å². The van der Waals surface area contributed by atoms with Gasteiger partial charge in [-0.25, -0.2) is 0 Å². The molecule has 0 saturated carbocycles. The number of hydrogen-bond acceptors (Lipinski definition) is 5. The van der Waals surface area contributed by atoms with Crippen LogP contribution in [0, 0.1) is 11.3 Å². The summed E-state index contributed by atoms with van der Waals surface area (Å²) in [5, 5.41) is 15.7. The third-order valence-electron chi connectivity index (χ3n) is 4.55. The molecule has 29 heavy (non-hydrogen) atoms. The number of hydrogen-bond donors (Lipinski definition) is 2. The van der Waals surface area contributed by atoms with Crippen LogP contribution in [0.25, 0.3) is 0 Å². The fourth-order valence-electron chi connectivity index (χ4n) is 3.04. The third kappa shape index (κ3) is 5.39. The highest BCUT2D eigenvalue weighted by molar-refractivity contribution is 8.03. The summed E-state index contributed by atoms with van der Waals surface area (Å²) in [6.07, 6.45) is 0.194. The van der Waals surface area contributed by atoms with Crippen molar-refractivity contribution < 1.29 is 14.3 Å². The van der Waals surface area contributed by atoms with Crippen LogP contribution in [-0.2, 0) is 16.1 Å². The topological polar surface area (TPSA) is 91.2 Å². The smallest absolute Gasteiger partial charge is 0.230 e. The van der Waals surface area contributed by atoms with Crippen molar-refractivity contribution in [3.63, 3.8) is 0 Å². The zero-order valence-electron chi connectivity index (χ0n) is 16.0. The average molecular weight is 407 g/mol. The maximum atomic E-state index is 12.2. The number of methoxy groups -OCH3 is 1. The molecular weight excluding hydrogens is 386 g/mol. The molecule has 2 aromatic carbocycles. The van der Waals surface area contributed by atoms with E-state index in [0.29, 0.717) is 22.9 Å². The largest absolute Gasteiger partial charge is 0.497 e. The van der Waals surface area contributed by atoms with Crippen molar-refractivity contribution in [2.24, 2.45) is 0 Å². The number of carbonyl (C=O) groups excluding carboxylic acids is 2. The van der Waals surface area contributed by atoms with Crippen molar-refractivity contribution in [1.29, 1.82) is 5.26 Å². The van der Waals surface area contributed by atoms with Gasteiger partial charge < -0.3 is 15.4 Å². The summed E-state index contributed by atoms with van der Waals surface area (Å²) in [7, 11) is 1.58. The molecule has 1 atom stereocenters. The summed E-state index contributed by atoms with van der Waals surface area (Å²) in [6.45, 7) is 0.436. The van der Waals surface area contributed by atoms with E-state index in [0.717, 1.165) is 11.1 Å². The lowest BCUT2D eigenvalue weighted by molar-refractivity contribution is -0.121. The molecule has 7 heteroatoms. The van der Waals surface area contributed by atoms with Crippen molar-refractivity contribution >= 4 is 23.6 Å². The van der Waals surface area contributed by atoms with Crippen LogP contribution in [0.3, 0.4) is 0 Å². The predicted molar refractivity (Wildman–Crippen MR) is 112 cm³/mol. The minimum absolute atomic E-state index is 0.114. The van der Waals surface area contributed by atoms with Crippen LogP contribution in [0.15, 0.2) is 65.2 Å². The van der Waals surface area contributed by atoms with E-state index in [1.165, 1.54) is 11.8 Å². The highest BCUT2D eigenvalue weighted by atomic mass is 32.2. The van der Waals surface area contributed by atoms with Crippen LogP contribution in [0.2, 0.25) is 0 Å². The number of allylic oxidation sites excluding steroid dienone is 1. The van der Waals surface area contributed by atoms with Crippen molar-refractivity contribution in [3.05, 3.63) is 76.3 Å². The summed E-state index contributed by atoms with van der Waals surface area (Å²) in [5.74, 6) is 0.153. The van der Waals surface area contributed by atoms with E-state index in [2.05, 4.69) is 16.7 Å². The van der Waals surface area contributed by atoms with E-state index in [9.17, 15) is 14.9 Å². The van der Waals surface area contributed by atoms with Gasteiger partial charge in [0.1, 0.15) is 5.75 Å². The molecule has 3 rings (SSSR count). The lowest BCUT2D eigenvalue weighted by atomic mass is 9.87. The van der Waals surface area contributed by atoms with Gasteiger partial charge in [-0.2, -0.15) is 5.26 Å². The van der Waals surface area contributed by atoms with Crippen molar-refractivity contribution in [1.82, 2.24) is 10.6 Å². The van der Waals surface area contributed by atoms with Crippen LogP contribution in [0.5, 0.6) is 5.75 Å². The Kier molecular flexibility index (Phi) is 6.93. The third-order valence-corrected chi connectivity index (χ3v) is 5.57. The number of benzene rings is 2. The molecule has 0 bridgehead atoms. The van der Waals surface area contributed by atoms with E-state index in [-0.39, 0.29) is 29.9 Å². The van der Waals surface area contributed by atoms with Gasteiger partial charge in [0.05, 0.1) is 29.5 Å². The maximum Gasteiger partial charge on any atom is 0.230 e. The van der Waals surface area contributed by atoms with Crippen LogP contribution in [0.4, 0.5) is 0 Å². The van der Waals surface area contributed by atoms with Gasteiger partial charge >= 0.3 is 0 Å². The molecule has 148 valence electrons. The van der Waals surface area contributed by atoms with Gasteiger partial charge in [-0.1, -0.05) is 54.2 Å². The summed E-state index contributed by atoms with van der Waals surface area (Å²) >= 11 is 1.17. The molecule has 2 aromatic rings. The molecule has 6 nitrogen and oxygen atoms in total. The Bertz CT molecular complexity index is 950. The minimum Gasteiger partial charge on any atom is -0.497 e. The lowest BCUT2D eigenvalue weighted by Gasteiger charge is -2.25. The molecule has 0 spiro atoms. The summed E-state index contributed by atoms with van der Waals surface area (Å²) in [5.41, 5.74) is 2.34. The Labute approximate surface area is 173 Å². The van der Waals surface area contributed by atoms with Crippen LogP contribution in [-0.4, -0.2) is 24.7 Å². The highest BCUT2D eigenvalue weighted by Crippen LogP contribution is 2.36. The summed E-state index contributed by atoms with van der Waals surface area (Å²) in [4.78, 5) is 24.4. The van der Waals surface area contributed by atoms with Gasteiger partial charge in [-0.15, -0.1) is 0 Å². The number of ether oxygens (including phenoxy) is 1. The molecule has 0 fully saturated rings. The average Bonchev–Trinajstić information content (AvgIpc) is 2.76. The Morgan fingerprint density at radius 1 is 1.24 bits per heavy atom. The normalized spacial score (nSPS) is 16.0. The second-order valence-electron chi connectivity index (χ2n) is 6.48. The van der Waals surface area contributed by atoms with Crippen LogP contribution < -0.4 is 15.4 Å². The van der Waals surface area contributed by atoms with Gasteiger partial charge in [0.2, 0.25) is 11.8 Å². The molecule has 2 amide bonds. The van der Waals surface area contributed by atoms with Gasteiger partial charge in [0.25, 0.3) is 0 Å². The Balaban J connectivity index is 1.68. The zero-order valence-corrected chi connectivity index (χ0v) is 16.8. The second kappa shape index (κ2) is 9.80. The number of nitrogens with zero attached hydrogens (tertiary/aromatic N) is 1. The van der Waals surface area contributed by atoms with Crippen molar-refractivity contribution in [3.8, 4) is 11.8 Å². The molecule has 2 N–H and O–H groups in total. The second-order valence-corrected chi connectivity index (χ2v) is 7.47. The monoisotopic (exact) mass is 407 g/mol. The standard InChI is InChI=1S/C22H21N3O3S/c1-28-17-9-7-16(8-10-17)18-11-20(26)25-22(19(18)12-23)29-14-21(27)24-13-15-5-3-2-4-6-15/h2-10,18H,11,13-14H2,1H3,(H,24,27)(H,25,26)/t18-/m1/s1. The van der Waals surface area contributed by atoms with Crippen LogP contribution >= 0.6 is 11.8 Å². The van der Waals surface area contributed by atoms with Crippen molar-refractivity contribution in [2.45, 2.75) is 18.9 Å². The fourth-order valence-corrected chi connectivity index (χ4v) is 3.95. The first kappa shape index (κ1) is 20.5. The quantitative estimate of drug-likeness (QED) is 0.736. The first-order valence-corrected chi connectivity index (χ1v) is 10.1. The van der Waals surface area contributed by atoms with Gasteiger partial charge in [0, 0.05) is 18.9 Å². The number of nitriles is 1.